The minimum Gasteiger partial charge on any atom is -0.453 e. The van der Waals surface area contributed by atoms with Crippen molar-refractivity contribution >= 4 is 17.9 Å². The zero-order valence-corrected chi connectivity index (χ0v) is 13.9. The number of carbonyl (C=O) groups excluding carboxylic acids is 3. The van der Waals surface area contributed by atoms with Gasteiger partial charge >= 0.3 is 6.09 Å². The average Bonchev–Trinajstić information content (AvgIpc) is 2.90. The first kappa shape index (κ1) is 19.2. The molecule has 8 heteroatoms. The van der Waals surface area contributed by atoms with Crippen molar-refractivity contribution in [3.63, 3.8) is 0 Å². The van der Waals surface area contributed by atoms with E-state index in [9.17, 15) is 19.5 Å². The van der Waals surface area contributed by atoms with Crippen LogP contribution < -0.4 is 16.0 Å². The van der Waals surface area contributed by atoms with Gasteiger partial charge in [-0.05, 0) is 25.2 Å². The predicted octanol–water partition coefficient (Wildman–Crippen LogP) is -0.240. The van der Waals surface area contributed by atoms with Gasteiger partial charge in [-0.25, -0.2) is 4.79 Å². The molecule has 1 heterocycles. The molecule has 23 heavy (non-hydrogen) atoms. The molecule has 3 amide bonds. The molecule has 1 aliphatic rings. The van der Waals surface area contributed by atoms with Gasteiger partial charge in [-0.3, -0.25) is 9.59 Å². The first-order valence-corrected chi connectivity index (χ1v) is 7.90. The topological polar surface area (TPSA) is 117 Å². The second-order valence-corrected chi connectivity index (χ2v) is 6.22. The second kappa shape index (κ2) is 9.34. The van der Waals surface area contributed by atoms with Gasteiger partial charge in [-0.2, -0.15) is 0 Å². The van der Waals surface area contributed by atoms with E-state index < -0.39 is 18.2 Å². The molecule has 0 saturated carbocycles. The van der Waals surface area contributed by atoms with Gasteiger partial charge in [-0.1, -0.05) is 13.8 Å². The minimum atomic E-state index is -0.742. The van der Waals surface area contributed by atoms with Crippen molar-refractivity contribution in [2.45, 2.75) is 45.2 Å². The van der Waals surface area contributed by atoms with Crippen LogP contribution in [-0.2, 0) is 14.3 Å². The van der Waals surface area contributed by atoms with Crippen LogP contribution in [0, 0.1) is 11.8 Å². The number of nitrogens with one attached hydrogen (secondary N) is 3. The molecule has 0 spiro atoms. The van der Waals surface area contributed by atoms with Crippen LogP contribution in [0.15, 0.2) is 0 Å². The number of methoxy groups -OCH3 is 1. The van der Waals surface area contributed by atoms with E-state index in [1.54, 1.807) is 0 Å². The van der Waals surface area contributed by atoms with E-state index in [4.69, 9.17) is 0 Å². The Kier molecular flexibility index (Phi) is 7.80. The van der Waals surface area contributed by atoms with Gasteiger partial charge in [0.2, 0.25) is 11.8 Å². The van der Waals surface area contributed by atoms with Crippen molar-refractivity contribution in [1.82, 2.24) is 16.0 Å². The lowest BCUT2D eigenvalue weighted by Crippen LogP contribution is -2.51. The number of hydrogen-bond acceptors (Lipinski definition) is 5. The predicted molar refractivity (Wildman–Crippen MR) is 83.5 cm³/mol. The molecule has 1 aliphatic heterocycles. The second-order valence-electron chi connectivity index (χ2n) is 6.22. The number of amides is 3. The molecule has 0 aliphatic carbocycles. The highest BCUT2D eigenvalue weighted by atomic mass is 16.5. The zero-order valence-electron chi connectivity index (χ0n) is 13.9. The lowest BCUT2D eigenvalue weighted by molar-refractivity contribution is -0.126. The summed E-state index contributed by atoms with van der Waals surface area (Å²) in [6.45, 7) is 4.23. The molecule has 1 fully saturated rings. The Morgan fingerprint density at radius 3 is 2.57 bits per heavy atom. The van der Waals surface area contributed by atoms with Gasteiger partial charge in [0.25, 0.3) is 0 Å². The van der Waals surface area contributed by atoms with Crippen molar-refractivity contribution in [2.75, 3.05) is 20.3 Å². The fourth-order valence-electron chi connectivity index (χ4n) is 2.60. The summed E-state index contributed by atoms with van der Waals surface area (Å²) in [6, 6.07) is -1.26. The maximum Gasteiger partial charge on any atom is 0.407 e. The molecule has 132 valence electrons. The van der Waals surface area contributed by atoms with Gasteiger partial charge in [0, 0.05) is 12.5 Å². The monoisotopic (exact) mass is 329 g/mol. The number of ether oxygens (including phenoxy) is 1. The lowest BCUT2D eigenvalue weighted by Gasteiger charge is -2.24. The summed E-state index contributed by atoms with van der Waals surface area (Å²) in [5.41, 5.74) is 0. The van der Waals surface area contributed by atoms with Gasteiger partial charge < -0.3 is 25.8 Å². The van der Waals surface area contributed by atoms with Crippen LogP contribution in [0.5, 0.6) is 0 Å². The average molecular weight is 329 g/mol. The maximum absolute atomic E-state index is 12.4. The lowest BCUT2D eigenvalue weighted by atomic mass is 9.97. The minimum absolute atomic E-state index is 0.0517. The number of aliphatic hydroxyl groups is 1. The number of rotatable bonds is 8. The third-order valence-corrected chi connectivity index (χ3v) is 3.80. The van der Waals surface area contributed by atoms with Gasteiger partial charge in [-0.15, -0.1) is 0 Å². The fourth-order valence-corrected chi connectivity index (χ4v) is 2.60. The highest BCUT2D eigenvalue weighted by Crippen LogP contribution is 2.16. The third kappa shape index (κ3) is 6.43. The quantitative estimate of drug-likeness (QED) is 0.490. The van der Waals surface area contributed by atoms with Gasteiger partial charge in [0.05, 0.1) is 19.8 Å². The highest BCUT2D eigenvalue weighted by molar-refractivity contribution is 5.86. The summed E-state index contributed by atoms with van der Waals surface area (Å²) in [5.74, 6) is -0.452. The summed E-state index contributed by atoms with van der Waals surface area (Å²) >= 11 is 0. The molecule has 1 rings (SSSR count). The Labute approximate surface area is 136 Å². The third-order valence-electron chi connectivity index (χ3n) is 3.80. The van der Waals surface area contributed by atoms with Gasteiger partial charge in [0.1, 0.15) is 6.04 Å². The molecule has 1 saturated heterocycles. The maximum atomic E-state index is 12.4. The van der Waals surface area contributed by atoms with Gasteiger partial charge in [0.15, 0.2) is 0 Å². The summed E-state index contributed by atoms with van der Waals surface area (Å²) in [4.78, 5) is 35.3. The fraction of sp³-hybridized carbons (Fsp3) is 0.800. The molecular formula is C15H27N3O5. The van der Waals surface area contributed by atoms with E-state index in [0.29, 0.717) is 25.8 Å². The van der Waals surface area contributed by atoms with E-state index in [1.807, 2.05) is 13.8 Å². The molecule has 0 radical (unpaired) electrons. The highest BCUT2D eigenvalue weighted by Gasteiger charge is 2.29. The molecule has 0 bridgehead atoms. The standard InChI is InChI=1S/C15H27N3O5/c1-9(2)6-12(18-15(22)23-3)14(21)17-11(8-19)7-10-4-5-16-13(10)20/h9-12,19H,4-8H2,1-3H3,(H,16,20)(H,17,21)(H,18,22)/t10-,11-,12-/m0/s1. The first-order chi connectivity index (χ1) is 10.9. The Hall–Kier alpha value is -1.83. The molecular weight excluding hydrogens is 302 g/mol. The smallest absolute Gasteiger partial charge is 0.407 e. The van der Waals surface area contributed by atoms with Crippen LogP contribution in [0.3, 0.4) is 0 Å². The van der Waals surface area contributed by atoms with Crippen LogP contribution in [0.25, 0.3) is 0 Å². The Morgan fingerprint density at radius 1 is 1.39 bits per heavy atom. The zero-order chi connectivity index (χ0) is 17.4. The number of carbonyl (C=O) groups is 3. The number of alkyl carbamates (subject to hydrolysis) is 1. The molecule has 0 aromatic carbocycles. The first-order valence-electron chi connectivity index (χ1n) is 7.90. The molecule has 3 atom stereocenters. The molecule has 8 nitrogen and oxygen atoms in total. The van der Waals surface area contributed by atoms with E-state index in [2.05, 4.69) is 20.7 Å². The van der Waals surface area contributed by atoms with Crippen molar-refractivity contribution in [3.8, 4) is 0 Å². The summed E-state index contributed by atoms with van der Waals surface area (Å²) in [5, 5.41) is 17.4. The van der Waals surface area contributed by atoms with Crippen LogP contribution in [0.2, 0.25) is 0 Å². The van der Waals surface area contributed by atoms with E-state index >= 15 is 0 Å². The van der Waals surface area contributed by atoms with Crippen molar-refractivity contribution in [2.24, 2.45) is 11.8 Å². The molecule has 4 N–H and O–H groups in total. The van der Waals surface area contributed by atoms with Crippen LogP contribution in [0.1, 0.15) is 33.1 Å². The normalized spacial score (nSPS) is 19.9. The van der Waals surface area contributed by atoms with Crippen molar-refractivity contribution < 1.29 is 24.2 Å². The van der Waals surface area contributed by atoms with E-state index in [0.717, 1.165) is 0 Å². The Morgan fingerprint density at radius 2 is 2.09 bits per heavy atom. The summed E-state index contributed by atoms with van der Waals surface area (Å²) in [7, 11) is 1.23. The SMILES string of the molecule is COC(=O)N[C@@H](CC(C)C)C(=O)N[C@H](CO)C[C@@H]1CCNC1=O. The van der Waals surface area contributed by atoms with E-state index in [1.165, 1.54) is 7.11 Å². The van der Waals surface area contributed by atoms with Crippen LogP contribution in [0.4, 0.5) is 4.79 Å². The van der Waals surface area contributed by atoms with Crippen molar-refractivity contribution in [3.05, 3.63) is 0 Å². The largest absolute Gasteiger partial charge is 0.453 e. The summed E-state index contributed by atoms with van der Waals surface area (Å²) in [6.07, 6.45) is 0.839. The van der Waals surface area contributed by atoms with Crippen molar-refractivity contribution in [1.29, 1.82) is 0 Å². The van der Waals surface area contributed by atoms with Crippen LogP contribution in [-0.4, -0.2) is 55.4 Å². The number of hydrogen-bond donors (Lipinski definition) is 4. The molecule has 0 aromatic heterocycles. The Bertz CT molecular complexity index is 427. The van der Waals surface area contributed by atoms with E-state index in [-0.39, 0.29) is 30.3 Å². The number of aliphatic hydroxyl groups excluding tert-OH is 1. The Balaban J connectivity index is 2.62. The molecule has 0 unspecified atom stereocenters. The molecule has 0 aromatic rings. The van der Waals surface area contributed by atoms with Crippen LogP contribution >= 0.6 is 0 Å². The summed E-state index contributed by atoms with van der Waals surface area (Å²) < 4.78 is 4.53.